The average molecular weight is 290 g/mol. The minimum atomic E-state index is -2.45. The molecule has 1 saturated heterocycles. The Morgan fingerprint density at radius 1 is 1.29 bits per heavy atom. The molecule has 3 unspecified atom stereocenters. The summed E-state index contributed by atoms with van der Waals surface area (Å²) in [7, 11) is 0. The lowest BCUT2D eigenvalue weighted by Crippen LogP contribution is -2.35. The predicted molar refractivity (Wildman–Crippen MR) is 76.6 cm³/mol. The van der Waals surface area contributed by atoms with E-state index in [2.05, 4.69) is 10.3 Å². The fraction of sp³-hybridized carbons (Fsp3) is 0.400. The van der Waals surface area contributed by atoms with E-state index in [1.54, 1.807) is 6.20 Å². The first-order valence-corrected chi connectivity index (χ1v) is 7.05. The molecule has 0 bridgehead atoms. The van der Waals surface area contributed by atoms with Crippen molar-refractivity contribution in [3.05, 3.63) is 42.1 Å². The molecule has 1 aromatic heterocycles. The number of allylic oxidation sites excluding steroid dienone is 2. The zero-order valence-electron chi connectivity index (χ0n) is 11.3. The van der Waals surface area contributed by atoms with Gasteiger partial charge in [-0.3, -0.25) is 0 Å². The van der Waals surface area contributed by atoms with Gasteiger partial charge < -0.3 is 16.0 Å². The van der Waals surface area contributed by atoms with E-state index in [4.69, 9.17) is 5.73 Å². The molecular weight excluding hydrogens is 274 g/mol. The van der Waals surface area contributed by atoms with Gasteiger partial charge in [0.05, 0.1) is 18.0 Å². The van der Waals surface area contributed by atoms with Crippen LogP contribution in [0, 0.1) is 11.8 Å². The number of hydrogen-bond donors (Lipinski definition) is 2. The van der Waals surface area contributed by atoms with Gasteiger partial charge in [0.25, 0.3) is 5.92 Å². The quantitative estimate of drug-likeness (QED) is 0.868. The highest BCUT2D eigenvalue weighted by molar-refractivity contribution is 5.67. The van der Waals surface area contributed by atoms with Crippen LogP contribution >= 0.6 is 0 Å². The third-order valence-electron chi connectivity index (χ3n) is 4.49. The Morgan fingerprint density at radius 2 is 2.05 bits per heavy atom. The van der Waals surface area contributed by atoms with Crippen LogP contribution in [-0.2, 0) is 0 Å². The highest BCUT2D eigenvalue weighted by Gasteiger charge is 2.71. The minimum absolute atomic E-state index is 0.197. The first kappa shape index (κ1) is 12.8. The van der Waals surface area contributed by atoms with Gasteiger partial charge in [0.1, 0.15) is 5.82 Å². The van der Waals surface area contributed by atoms with Gasteiger partial charge >= 0.3 is 0 Å². The number of aromatic nitrogens is 1. The SMILES string of the molecule is NC1C=CC=C(c2ccc(N3CC4C(C3)C4(F)F)nc2)N1. The van der Waals surface area contributed by atoms with E-state index >= 15 is 0 Å². The zero-order chi connectivity index (χ0) is 14.6. The largest absolute Gasteiger partial charge is 0.366 e. The molecule has 4 rings (SSSR count). The van der Waals surface area contributed by atoms with Crippen LogP contribution in [0.5, 0.6) is 0 Å². The van der Waals surface area contributed by atoms with E-state index in [-0.39, 0.29) is 6.17 Å². The molecule has 1 saturated carbocycles. The number of hydrogen-bond acceptors (Lipinski definition) is 4. The lowest BCUT2D eigenvalue weighted by Gasteiger charge is -2.22. The van der Waals surface area contributed by atoms with E-state index < -0.39 is 17.8 Å². The number of alkyl halides is 2. The Morgan fingerprint density at radius 3 is 2.67 bits per heavy atom. The van der Waals surface area contributed by atoms with Gasteiger partial charge in [0.2, 0.25) is 0 Å². The van der Waals surface area contributed by atoms with Gasteiger partial charge in [-0.2, -0.15) is 0 Å². The van der Waals surface area contributed by atoms with Crippen molar-refractivity contribution in [3.8, 4) is 0 Å². The summed E-state index contributed by atoms with van der Waals surface area (Å²) in [5.74, 6) is -2.65. The van der Waals surface area contributed by atoms with Gasteiger partial charge in [0, 0.05) is 30.5 Å². The number of fused-ring (bicyclic) bond motifs is 1. The van der Waals surface area contributed by atoms with Crippen molar-refractivity contribution in [2.75, 3.05) is 18.0 Å². The molecule has 0 radical (unpaired) electrons. The summed E-state index contributed by atoms with van der Waals surface area (Å²) in [5, 5.41) is 3.15. The van der Waals surface area contributed by atoms with Crippen LogP contribution in [0.1, 0.15) is 5.56 Å². The maximum atomic E-state index is 13.2. The first-order valence-electron chi connectivity index (χ1n) is 7.05. The summed E-state index contributed by atoms with van der Waals surface area (Å²) in [5.41, 5.74) is 7.65. The minimum Gasteiger partial charge on any atom is -0.366 e. The molecule has 1 aliphatic carbocycles. The highest BCUT2D eigenvalue weighted by atomic mass is 19.3. The van der Waals surface area contributed by atoms with Crippen molar-refractivity contribution in [3.63, 3.8) is 0 Å². The number of halogens is 2. The standard InChI is InChI=1S/C15H16F2N4/c16-15(17)10-7-21(8-11(10)15)14-5-4-9(6-19-14)12-2-1-3-13(18)20-12/h1-6,10-11,13,20H,7-8,18H2. The maximum absolute atomic E-state index is 13.2. The van der Waals surface area contributed by atoms with Crippen LogP contribution in [0.3, 0.4) is 0 Å². The van der Waals surface area contributed by atoms with Crippen molar-refractivity contribution < 1.29 is 8.78 Å². The molecule has 0 amide bonds. The maximum Gasteiger partial charge on any atom is 0.258 e. The van der Waals surface area contributed by atoms with E-state index in [9.17, 15) is 8.78 Å². The Balaban J connectivity index is 1.48. The van der Waals surface area contributed by atoms with Crippen LogP contribution in [0.2, 0.25) is 0 Å². The van der Waals surface area contributed by atoms with Crippen molar-refractivity contribution in [1.29, 1.82) is 0 Å². The number of rotatable bonds is 2. The van der Waals surface area contributed by atoms with Crippen LogP contribution in [0.25, 0.3) is 5.70 Å². The summed E-state index contributed by atoms with van der Waals surface area (Å²) in [6.45, 7) is 0.803. The third kappa shape index (κ3) is 2.01. The molecular formula is C15H16F2N4. The molecule has 3 heterocycles. The normalized spacial score (nSPS) is 32.4. The summed E-state index contributed by atoms with van der Waals surface area (Å²) in [6.07, 6.45) is 7.26. The van der Waals surface area contributed by atoms with Crippen LogP contribution in [-0.4, -0.2) is 30.2 Å². The molecule has 0 aromatic carbocycles. The fourth-order valence-corrected chi connectivity index (χ4v) is 3.15. The molecule has 1 aromatic rings. The van der Waals surface area contributed by atoms with Crippen molar-refractivity contribution in [2.45, 2.75) is 12.1 Å². The van der Waals surface area contributed by atoms with Crippen LogP contribution in [0.15, 0.2) is 36.6 Å². The van der Waals surface area contributed by atoms with Crippen LogP contribution in [0.4, 0.5) is 14.6 Å². The number of nitrogens with two attached hydrogens (primary N) is 1. The van der Waals surface area contributed by atoms with Gasteiger partial charge in [-0.1, -0.05) is 6.08 Å². The van der Waals surface area contributed by atoms with Crippen molar-refractivity contribution >= 4 is 11.5 Å². The number of nitrogens with one attached hydrogen (secondary N) is 1. The fourth-order valence-electron chi connectivity index (χ4n) is 3.15. The third-order valence-corrected chi connectivity index (χ3v) is 4.49. The van der Waals surface area contributed by atoms with Crippen LogP contribution < -0.4 is 16.0 Å². The molecule has 110 valence electrons. The predicted octanol–water partition coefficient (Wildman–Crippen LogP) is 1.57. The number of dihydropyridines is 1. The molecule has 3 atom stereocenters. The Bertz CT molecular complexity index is 609. The van der Waals surface area contributed by atoms with Gasteiger partial charge in [-0.05, 0) is 24.3 Å². The van der Waals surface area contributed by atoms with Gasteiger partial charge in [0.15, 0.2) is 0 Å². The monoisotopic (exact) mass is 290 g/mol. The van der Waals surface area contributed by atoms with E-state index in [0.717, 1.165) is 17.1 Å². The second-order valence-electron chi connectivity index (χ2n) is 5.83. The Labute approximate surface area is 121 Å². The molecule has 3 aliphatic rings. The topological polar surface area (TPSA) is 54.2 Å². The Hall–Kier alpha value is -1.95. The van der Waals surface area contributed by atoms with Gasteiger partial charge in [-0.15, -0.1) is 0 Å². The highest BCUT2D eigenvalue weighted by Crippen LogP contribution is 2.59. The molecule has 6 heteroatoms. The average Bonchev–Trinajstić information content (AvgIpc) is 2.86. The second-order valence-corrected chi connectivity index (χ2v) is 5.83. The summed E-state index contributed by atoms with van der Waals surface area (Å²) >= 11 is 0. The smallest absolute Gasteiger partial charge is 0.258 e. The number of piperidine rings is 1. The van der Waals surface area contributed by atoms with E-state index in [0.29, 0.717) is 13.1 Å². The van der Waals surface area contributed by atoms with E-state index in [1.165, 1.54) is 0 Å². The molecule has 4 nitrogen and oxygen atoms in total. The molecule has 2 aliphatic heterocycles. The molecule has 0 spiro atoms. The summed E-state index contributed by atoms with van der Waals surface area (Å²) in [6, 6.07) is 3.82. The molecule has 21 heavy (non-hydrogen) atoms. The van der Waals surface area contributed by atoms with Crippen molar-refractivity contribution in [2.24, 2.45) is 17.6 Å². The second kappa shape index (κ2) is 4.27. The number of nitrogens with zero attached hydrogens (tertiary/aromatic N) is 2. The molecule has 3 N–H and O–H groups in total. The Kier molecular flexibility index (Phi) is 2.60. The summed E-state index contributed by atoms with van der Waals surface area (Å²) in [4.78, 5) is 6.33. The van der Waals surface area contributed by atoms with Gasteiger partial charge in [-0.25, -0.2) is 13.8 Å². The van der Waals surface area contributed by atoms with E-state index in [1.807, 2.05) is 35.3 Å². The number of anilines is 1. The molecule has 2 fully saturated rings. The lowest BCUT2D eigenvalue weighted by molar-refractivity contribution is 0.0797. The summed E-state index contributed by atoms with van der Waals surface area (Å²) < 4.78 is 26.4. The first-order chi connectivity index (χ1) is 10.1. The van der Waals surface area contributed by atoms with Crippen molar-refractivity contribution in [1.82, 2.24) is 10.3 Å². The number of pyridine rings is 1. The zero-order valence-corrected chi connectivity index (χ0v) is 11.3. The lowest BCUT2D eigenvalue weighted by atomic mass is 10.1.